The van der Waals surface area contributed by atoms with Crippen LogP contribution < -0.4 is 5.32 Å². The first-order valence-electron chi connectivity index (χ1n) is 5.18. The molecule has 3 heteroatoms. The van der Waals surface area contributed by atoms with Crippen molar-refractivity contribution in [1.82, 2.24) is 5.32 Å². The van der Waals surface area contributed by atoms with Crippen molar-refractivity contribution in [1.29, 1.82) is 0 Å². The Kier molecular flexibility index (Phi) is 2.34. The second-order valence-electron chi connectivity index (χ2n) is 4.03. The molecule has 1 fully saturated rings. The van der Waals surface area contributed by atoms with E-state index in [1.54, 1.807) is 0 Å². The third-order valence-corrected chi connectivity index (χ3v) is 2.58. The lowest BCUT2D eigenvalue weighted by atomic mass is 10.2. The van der Waals surface area contributed by atoms with Gasteiger partial charge in [0.15, 0.2) is 0 Å². The summed E-state index contributed by atoms with van der Waals surface area (Å²) in [4.78, 5) is 8.77. The molecule has 1 heterocycles. The highest BCUT2D eigenvalue weighted by molar-refractivity contribution is 5.92. The van der Waals surface area contributed by atoms with E-state index in [1.165, 1.54) is 19.3 Å². The smallest absolute Gasteiger partial charge is 0.218 e. The molecule has 0 aromatic carbocycles. The molecule has 0 amide bonds. The van der Waals surface area contributed by atoms with E-state index in [1.807, 2.05) is 6.21 Å². The van der Waals surface area contributed by atoms with E-state index in [0.29, 0.717) is 18.0 Å². The Hall–Kier alpha value is -0.860. The van der Waals surface area contributed by atoms with E-state index in [9.17, 15) is 0 Å². The Morgan fingerprint density at radius 3 is 3.23 bits per heavy atom. The van der Waals surface area contributed by atoms with Crippen LogP contribution in [0.5, 0.6) is 0 Å². The van der Waals surface area contributed by atoms with Gasteiger partial charge < -0.3 is 5.32 Å². The van der Waals surface area contributed by atoms with Gasteiger partial charge in [-0.1, -0.05) is 13.3 Å². The Morgan fingerprint density at radius 2 is 2.54 bits per heavy atom. The molecular weight excluding hydrogens is 162 g/mol. The molecule has 1 aliphatic carbocycles. The summed E-state index contributed by atoms with van der Waals surface area (Å²) in [6, 6.07) is 1.05. The first-order valence-corrected chi connectivity index (χ1v) is 5.18. The highest BCUT2D eigenvalue weighted by atomic mass is 15.2. The van der Waals surface area contributed by atoms with Crippen LogP contribution in [0.1, 0.15) is 33.1 Å². The van der Waals surface area contributed by atoms with E-state index >= 15 is 0 Å². The Balaban J connectivity index is 1.84. The van der Waals surface area contributed by atoms with Gasteiger partial charge in [0, 0.05) is 18.2 Å². The lowest BCUT2D eigenvalue weighted by molar-refractivity contribution is 0.592. The largest absolute Gasteiger partial charge is 0.352 e. The van der Waals surface area contributed by atoms with Gasteiger partial charge in [-0.3, -0.25) is 0 Å². The maximum absolute atomic E-state index is 4.49. The van der Waals surface area contributed by atoms with E-state index in [2.05, 4.69) is 29.1 Å². The van der Waals surface area contributed by atoms with Crippen LogP contribution in [-0.2, 0) is 0 Å². The van der Waals surface area contributed by atoms with E-state index in [4.69, 9.17) is 0 Å². The van der Waals surface area contributed by atoms with Gasteiger partial charge in [0.2, 0.25) is 5.96 Å². The predicted octanol–water partition coefficient (Wildman–Crippen LogP) is 1.59. The zero-order chi connectivity index (χ0) is 9.26. The van der Waals surface area contributed by atoms with Gasteiger partial charge in [-0.25, -0.2) is 9.98 Å². The summed E-state index contributed by atoms with van der Waals surface area (Å²) in [6.07, 6.45) is 5.63. The van der Waals surface area contributed by atoms with Crippen molar-refractivity contribution in [3.8, 4) is 0 Å². The molecule has 72 valence electrons. The van der Waals surface area contributed by atoms with Crippen molar-refractivity contribution in [3.05, 3.63) is 0 Å². The van der Waals surface area contributed by atoms with Crippen LogP contribution in [0.15, 0.2) is 9.98 Å². The average Bonchev–Trinajstić information content (AvgIpc) is 2.82. The molecule has 2 aliphatic rings. The molecule has 3 unspecified atom stereocenters. The summed E-state index contributed by atoms with van der Waals surface area (Å²) in [5.74, 6) is 1.51. The van der Waals surface area contributed by atoms with Crippen LogP contribution in [0.4, 0.5) is 0 Å². The van der Waals surface area contributed by atoms with Gasteiger partial charge in [0.05, 0.1) is 6.04 Å². The summed E-state index contributed by atoms with van der Waals surface area (Å²) in [5, 5.41) is 3.33. The summed E-state index contributed by atoms with van der Waals surface area (Å²) in [5.41, 5.74) is 0. The second kappa shape index (κ2) is 3.48. The van der Waals surface area contributed by atoms with Crippen molar-refractivity contribution < 1.29 is 0 Å². The summed E-state index contributed by atoms with van der Waals surface area (Å²) in [6.45, 7) is 4.38. The van der Waals surface area contributed by atoms with Gasteiger partial charge in [-0.05, 0) is 19.8 Å². The second-order valence-corrected chi connectivity index (χ2v) is 4.03. The SMILES string of the molecule is CCCC(C)NC1=NC2CC2C=N1. The number of hydrogen-bond acceptors (Lipinski definition) is 3. The summed E-state index contributed by atoms with van der Waals surface area (Å²) >= 11 is 0. The van der Waals surface area contributed by atoms with Crippen LogP contribution in [0.25, 0.3) is 0 Å². The van der Waals surface area contributed by atoms with Crippen molar-refractivity contribution in [2.45, 2.75) is 45.2 Å². The molecule has 1 aliphatic heterocycles. The maximum atomic E-state index is 4.49. The standard InChI is InChI=1S/C10H17N3/c1-3-4-7(2)12-10-11-6-8-5-9(8)13-10/h6-9H,3-5H2,1-2H3,(H,12,13). The number of aliphatic imine (C=N–C) groups is 2. The monoisotopic (exact) mass is 179 g/mol. The van der Waals surface area contributed by atoms with Gasteiger partial charge >= 0.3 is 0 Å². The Bertz CT molecular complexity index is 245. The third kappa shape index (κ3) is 2.08. The highest BCUT2D eigenvalue weighted by Crippen LogP contribution is 2.34. The van der Waals surface area contributed by atoms with Crippen molar-refractivity contribution in [3.63, 3.8) is 0 Å². The van der Waals surface area contributed by atoms with Crippen LogP contribution in [0.3, 0.4) is 0 Å². The molecule has 2 rings (SSSR count). The maximum Gasteiger partial charge on any atom is 0.218 e. The first kappa shape index (κ1) is 8.73. The minimum atomic E-state index is 0.496. The zero-order valence-corrected chi connectivity index (χ0v) is 8.33. The molecule has 0 aromatic rings. The molecule has 3 atom stereocenters. The fourth-order valence-electron chi connectivity index (χ4n) is 1.67. The molecule has 0 spiro atoms. The van der Waals surface area contributed by atoms with Gasteiger partial charge in [0.25, 0.3) is 0 Å². The molecule has 1 N–H and O–H groups in total. The predicted molar refractivity (Wildman–Crippen MR) is 55.3 cm³/mol. The summed E-state index contributed by atoms with van der Waals surface area (Å²) in [7, 11) is 0. The Labute approximate surface area is 79.4 Å². The summed E-state index contributed by atoms with van der Waals surface area (Å²) < 4.78 is 0. The molecule has 0 saturated heterocycles. The van der Waals surface area contributed by atoms with E-state index in [0.717, 1.165) is 5.96 Å². The minimum absolute atomic E-state index is 0.496. The van der Waals surface area contributed by atoms with Gasteiger partial charge in [0.1, 0.15) is 0 Å². The third-order valence-electron chi connectivity index (χ3n) is 2.58. The van der Waals surface area contributed by atoms with Crippen molar-refractivity contribution in [2.24, 2.45) is 15.9 Å². The zero-order valence-electron chi connectivity index (χ0n) is 8.33. The first-order chi connectivity index (χ1) is 6.29. The van der Waals surface area contributed by atoms with Gasteiger partial charge in [-0.2, -0.15) is 0 Å². The minimum Gasteiger partial charge on any atom is -0.352 e. The number of fused-ring (bicyclic) bond motifs is 1. The molecule has 0 aromatic heterocycles. The fourth-order valence-corrected chi connectivity index (χ4v) is 1.67. The molecule has 13 heavy (non-hydrogen) atoms. The average molecular weight is 179 g/mol. The number of guanidine groups is 1. The quantitative estimate of drug-likeness (QED) is 0.702. The van der Waals surface area contributed by atoms with Crippen molar-refractivity contribution >= 4 is 12.2 Å². The van der Waals surface area contributed by atoms with E-state index in [-0.39, 0.29) is 0 Å². The normalized spacial score (nSPS) is 32.0. The number of rotatable bonds is 3. The number of nitrogens with zero attached hydrogens (tertiary/aromatic N) is 2. The number of nitrogens with one attached hydrogen (secondary N) is 1. The van der Waals surface area contributed by atoms with Gasteiger partial charge in [-0.15, -0.1) is 0 Å². The van der Waals surface area contributed by atoms with Crippen LogP contribution >= 0.6 is 0 Å². The highest BCUT2D eigenvalue weighted by Gasteiger charge is 2.38. The molecule has 0 bridgehead atoms. The molecule has 3 nitrogen and oxygen atoms in total. The number of hydrogen-bond donors (Lipinski definition) is 1. The molecule has 1 saturated carbocycles. The lowest BCUT2D eigenvalue weighted by Gasteiger charge is -2.14. The molecular formula is C10H17N3. The van der Waals surface area contributed by atoms with Crippen LogP contribution in [-0.4, -0.2) is 24.3 Å². The fraction of sp³-hybridized carbons (Fsp3) is 0.800. The lowest BCUT2D eigenvalue weighted by Crippen LogP contribution is -2.32. The molecule has 0 radical (unpaired) electrons. The van der Waals surface area contributed by atoms with Crippen LogP contribution in [0.2, 0.25) is 0 Å². The van der Waals surface area contributed by atoms with Crippen molar-refractivity contribution in [2.75, 3.05) is 0 Å². The van der Waals surface area contributed by atoms with Crippen LogP contribution in [0, 0.1) is 5.92 Å². The Morgan fingerprint density at radius 1 is 1.69 bits per heavy atom. The topological polar surface area (TPSA) is 36.8 Å². The van der Waals surface area contributed by atoms with E-state index < -0.39 is 0 Å².